The monoisotopic (exact) mass is 480 g/mol. The summed E-state index contributed by atoms with van der Waals surface area (Å²) >= 11 is 6.13. The maximum absolute atomic E-state index is 13.0. The molecule has 0 radical (unpaired) electrons. The Morgan fingerprint density at radius 3 is 1.97 bits per heavy atom. The number of aryl methyl sites for hydroxylation is 1. The molecule has 1 N–H and O–H groups in total. The fourth-order valence-corrected chi connectivity index (χ4v) is 5.73. The number of anilines is 2. The van der Waals surface area contributed by atoms with Gasteiger partial charge in [-0.25, -0.2) is 8.42 Å². The summed E-state index contributed by atoms with van der Waals surface area (Å²) < 4.78 is 27.4. The van der Waals surface area contributed by atoms with Crippen molar-refractivity contribution in [1.82, 2.24) is 19.4 Å². The highest BCUT2D eigenvalue weighted by atomic mass is 35.5. The van der Waals surface area contributed by atoms with Crippen molar-refractivity contribution in [3.63, 3.8) is 0 Å². The van der Waals surface area contributed by atoms with Crippen LogP contribution in [-0.2, 0) is 10.0 Å². The van der Waals surface area contributed by atoms with Gasteiger partial charge in [-0.05, 0) is 36.8 Å². The van der Waals surface area contributed by atoms with Crippen molar-refractivity contribution in [3.8, 4) is 0 Å². The van der Waals surface area contributed by atoms with Gasteiger partial charge in [-0.3, -0.25) is 4.90 Å². The van der Waals surface area contributed by atoms with E-state index in [-0.39, 0.29) is 11.5 Å². The Bertz CT molecular complexity index is 1020. The summed E-state index contributed by atoms with van der Waals surface area (Å²) in [5.41, 5.74) is 0.851. The van der Waals surface area contributed by atoms with Crippen LogP contribution in [-0.4, -0.2) is 98.4 Å². The summed E-state index contributed by atoms with van der Waals surface area (Å²) in [4.78, 5) is 6.72. The van der Waals surface area contributed by atoms with E-state index in [1.165, 1.54) is 10.4 Å². The lowest BCUT2D eigenvalue weighted by Crippen LogP contribution is -2.49. The summed E-state index contributed by atoms with van der Waals surface area (Å²) in [5.74, 6) is 1.60. The summed E-state index contributed by atoms with van der Waals surface area (Å²) in [7, 11) is -3.58. The summed E-state index contributed by atoms with van der Waals surface area (Å²) in [5, 5.41) is 18.3. The molecule has 2 fully saturated rings. The lowest BCUT2D eigenvalue weighted by Gasteiger charge is -2.36. The average molecular weight is 481 g/mol. The molecule has 2 aliphatic heterocycles. The van der Waals surface area contributed by atoms with Gasteiger partial charge in [-0.1, -0.05) is 17.7 Å². The predicted molar refractivity (Wildman–Crippen MR) is 125 cm³/mol. The minimum Gasteiger partial charge on any atom is -0.395 e. The van der Waals surface area contributed by atoms with Gasteiger partial charge in [0.05, 0.1) is 11.5 Å². The van der Waals surface area contributed by atoms with E-state index >= 15 is 0 Å². The Labute approximate surface area is 194 Å². The van der Waals surface area contributed by atoms with Gasteiger partial charge in [-0.2, -0.15) is 4.31 Å². The van der Waals surface area contributed by atoms with Gasteiger partial charge in [-0.15, -0.1) is 10.2 Å². The van der Waals surface area contributed by atoms with E-state index in [9.17, 15) is 8.42 Å². The van der Waals surface area contributed by atoms with Crippen molar-refractivity contribution >= 4 is 33.3 Å². The molecule has 0 unspecified atom stereocenters. The third kappa shape index (κ3) is 4.99. The van der Waals surface area contributed by atoms with Crippen LogP contribution >= 0.6 is 11.6 Å². The molecular formula is C21H29ClN6O3S. The average Bonchev–Trinajstić information content (AvgIpc) is 2.82. The number of benzene rings is 1. The molecule has 0 amide bonds. The Balaban J connectivity index is 1.35. The molecule has 9 nitrogen and oxygen atoms in total. The Morgan fingerprint density at radius 2 is 1.47 bits per heavy atom. The standard InChI is InChI=1S/C21H29ClN6O3S/c1-17-2-3-18(16-19(17)22)32(30,31)28-12-10-27(11-13-28)21-5-4-20(23-24-21)26-8-6-25(7-9-26)14-15-29/h2-5,16,29H,6-15H2,1H3. The smallest absolute Gasteiger partial charge is 0.243 e. The second-order valence-corrected chi connectivity index (χ2v) is 10.4. The number of aliphatic hydroxyl groups excluding tert-OH is 1. The highest BCUT2D eigenvalue weighted by molar-refractivity contribution is 7.89. The second kappa shape index (κ2) is 9.88. The van der Waals surface area contributed by atoms with Crippen molar-refractivity contribution in [2.75, 3.05) is 75.3 Å². The summed E-state index contributed by atoms with van der Waals surface area (Å²) in [6, 6.07) is 8.78. The Morgan fingerprint density at radius 1 is 0.906 bits per heavy atom. The Kier molecular flexibility index (Phi) is 7.16. The molecule has 174 valence electrons. The molecule has 0 spiro atoms. The minimum absolute atomic E-state index is 0.182. The first-order chi connectivity index (χ1) is 15.4. The first-order valence-electron chi connectivity index (χ1n) is 10.8. The molecule has 4 rings (SSSR count). The predicted octanol–water partition coefficient (Wildman–Crippen LogP) is 1.06. The van der Waals surface area contributed by atoms with Crippen LogP contribution in [0.5, 0.6) is 0 Å². The number of rotatable bonds is 6. The fourth-order valence-electron chi connectivity index (χ4n) is 4.04. The van der Waals surface area contributed by atoms with Gasteiger partial charge >= 0.3 is 0 Å². The van der Waals surface area contributed by atoms with Gasteiger partial charge in [0.2, 0.25) is 10.0 Å². The molecule has 11 heteroatoms. The van der Waals surface area contributed by atoms with Crippen molar-refractivity contribution in [2.24, 2.45) is 0 Å². The molecule has 2 aliphatic rings. The zero-order chi connectivity index (χ0) is 22.7. The number of halogens is 1. The number of nitrogens with zero attached hydrogens (tertiary/aromatic N) is 6. The van der Waals surface area contributed by atoms with Gasteiger partial charge in [0, 0.05) is 63.9 Å². The van der Waals surface area contributed by atoms with E-state index in [2.05, 4.69) is 24.9 Å². The molecule has 0 saturated carbocycles. The Hall–Kier alpha value is -1.98. The second-order valence-electron chi connectivity index (χ2n) is 8.10. The molecule has 0 atom stereocenters. The van der Waals surface area contributed by atoms with E-state index in [0.717, 1.165) is 43.4 Å². The number of piperazine rings is 2. The van der Waals surface area contributed by atoms with Crippen LogP contribution in [0.1, 0.15) is 5.56 Å². The van der Waals surface area contributed by atoms with Crippen LogP contribution in [0.4, 0.5) is 11.6 Å². The van der Waals surface area contributed by atoms with E-state index in [0.29, 0.717) is 37.7 Å². The maximum Gasteiger partial charge on any atom is 0.243 e. The summed E-state index contributed by atoms with van der Waals surface area (Å²) in [6.45, 7) is 8.09. The van der Waals surface area contributed by atoms with E-state index < -0.39 is 10.0 Å². The van der Waals surface area contributed by atoms with Crippen LogP contribution in [0, 0.1) is 6.92 Å². The third-order valence-corrected chi connectivity index (χ3v) is 8.39. The van der Waals surface area contributed by atoms with Crippen molar-refractivity contribution in [2.45, 2.75) is 11.8 Å². The van der Waals surface area contributed by atoms with Crippen LogP contribution in [0.15, 0.2) is 35.2 Å². The molecule has 0 bridgehead atoms. The molecule has 1 aromatic heterocycles. The van der Waals surface area contributed by atoms with Crippen LogP contribution in [0.2, 0.25) is 5.02 Å². The molecule has 2 aromatic rings. The number of hydrogen-bond donors (Lipinski definition) is 1. The zero-order valence-corrected chi connectivity index (χ0v) is 19.8. The van der Waals surface area contributed by atoms with Crippen molar-refractivity contribution in [3.05, 3.63) is 40.9 Å². The topological polar surface area (TPSA) is 93.1 Å². The number of hydrogen-bond acceptors (Lipinski definition) is 8. The number of aliphatic hydroxyl groups is 1. The van der Waals surface area contributed by atoms with E-state index in [1.807, 2.05) is 19.1 Å². The van der Waals surface area contributed by atoms with Crippen molar-refractivity contribution in [1.29, 1.82) is 0 Å². The zero-order valence-electron chi connectivity index (χ0n) is 18.2. The highest BCUT2D eigenvalue weighted by Gasteiger charge is 2.29. The molecular weight excluding hydrogens is 452 g/mol. The fraction of sp³-hybridized carbons (Fsp3) is 0.524. The molecule has 2 saturated heterocycles. The maximum atomic E-state index is 13.0. The number of β-amino-alcohol motifs (C(OH)–C–C–N with tert-alkyl or cyclic N) is 1. The van der Waals surface area contributed by atoms with E-state index in [1.54, 1.807) is 12.1 Å². The minimum atomic E-state index is -3.58. The highest BCUT2D eigenvalue weighted by Crippen LogP contribution is 2.25. The largest absolute Gasteiger partial charge is 0.395 e. The third-order valence-electron chi connectivity index (χ3n) is 6.09. The quantitative estimate of drug-likeness (QED) is 0.656. The van der Waals surface area contributed by atoms with Gasteiger partial charge < -0.3 is 14.9 Å². The molecule has 1 aromatic carbocycles. The SMILES string of the molecule is Cc1ccc(S(=O)(=O)N2CCN(c3ccc(N4CCN(CCO)CC4)nn3)CC2)cc1Cl. The number of sulfonamides is 1. The van der Waals surface area contributed by atoms with Crippen LogP contribution in [0.25, 0.3) is 0 Å². The van der Waals surface area contributed by atoms with Crippen LogP contribution in [0.3, 0.4) is 0 Å². The van der Waals surface area contributed by atoms with Gasteiger partial charge in [0.15, 0.2) is 11.6 Å². The molecule has 3 heterocycles. The molecule has 32 heavy (non-hydrogen) atoms. The van der Waals surface area contributed by atoms with Crippen molar-refractivity contribution < 1.29 is 13.5 Å². The van der Waals surface area contributed by atoms with Gasteiger partial charge in [0.25, 0.3) is 0 Å². The summed E-state index contributed by atoms with van der Waals surface area (Å²) in [6.07, 6.45) is 0. The van der Waals surface area contributed by atoms with Crippen LogP contribution < -0.4 is 9.80 Å². The molecule has 0 aliphatic carbocycles. The van der Waals surface area contributed by atoms with E-state index in [4.69, 9.17) is 16.7 Å². The lowest BCUT2D eigenvalue weighted by molar-refractivity contribution is 0.188. The first-order valence-corrected chi connectivity index (χ1v) is 12.6. The van der Waals surface area contributed by atoms with Gasteiger partial charge in [0.1, 0.15) is 0 Å². The first kappa shape index (κ1) is 23.2. The number of aromatic nitrogens is 2. The normalized spacial score (nSPS) is 18.8. The lowest BCUT2D eigenvalue weighted by atomic mass is 10.2.